The maximum Gasteiger partial charge on any atom is 0.434 e. The standard InChI is InChI=1S/C20H17ClF3N3O4/c1-29-15-8-12(9-16(30-2)17(15)31-3)26-19(28)14-10-25-27(18(14)20(22,23)24)13-6-4-11(21)5-7-13/h4-10H,1-3H3,(H,26,28). The van der Waals surface area contributed by atoms with E-state index in [2.05, 4.69) is 10.4 Å². The molecule has 0 aliphatic carbocycles. The molecule has 0 spiro atoms. The van der Waals surface area contributed by atoms with Crippen LogP contribution in [-0.2, 0) is 6.18 Å². The maximum atomic E-state index is 13.8. The molecular weight excluding hydrogens is 439 g/mol. The topological polar surface area (TPSA) is 74.6 Å². The summed E-state index contributed by atoms with van der Waals surface area (Å²) in [5.41, 5.74) is -1.63. The minimum Gasteiger partial charge on any atom is -0.493 e. The molecule has 3 rings (SSSR count). The van der Waals surface area contributed by atoms with E-state index in [0.717, 1.165) is 6.20 Å². The number of methoxy groups -OCH3 is 3. The van der Waals surface area contributed by atoms with Gasteiger partial charge in [0.05, 0.1) is 38.8 Å². The summed E-state index contributed by atoms with van der Waals surface area (Å²) < 4.78 is 57.7. The zero-order valence-electron chi connectivity index (χ0n) is 16.6. The van der Waals surface area contributed by atoms with E-state index in [1.165, 1.54) is 57.7 Å². The quantitative estimate of drug-likeness (QED) is 0.576. The van der Waals surface area contributed by atoms with Crippen molar-refractivity contribution < 1.29 is 32.2 Å². The monoisotopic (exact) mass is 455 g/mol. The highest BCUT2D eigenvalue weighted by molar-refractivity contribution is 6.30. The fourth-order valence-electron chi connectivity index (χ4n) is 2.92. The van der Waals surface area contributed by atoms with Crippen LogP contribution >= 0.6 is 11.6 Å². The Kier molecular flexibility index (Phi) is 6.30. The Balaban J connectivity index is 2.02. The van der Waals surface area contributed by atoms with Crippen molar-refractivity contribution in [2.24, 2.45) is 0 Å². The van der Waals surface area contributed by atoms with Crippen LogP contribution in [0.15, 0.2) is 42.6 Å². The summed E-state index contributed by atoms with van der Waals surface area (Å²) in [6.45, 7) is 0. The molecule has 3 aromatic rings. The highest BCUT2D eigenvalue weighted by atomic mass is 35.5. The van der Waals surface area contributed by atoms with Crippen molar-refractivity contribution in [2.75, 3.05) is 26.6 Å². The van der Waals surface area contributed by atoms with Crippen LogP contribution in [0.5, 0.6) is 17.2 Å². The van der Waals surface area contributed by atoms with Crippen LogP contribution in [0, 0.1) is 0 Å². The van der Waals surface area contributed by atoms with Crippen LogP contribution in [0.1, 0.15) is 16.1 Å². The number of carbonyl (C=O) groups is 1. The molecule has 7 nitrogen and oxygen atoms in total. The fourth-order valence-corrected chi connectivity index (χ4v) is 3.04. The lowest BCUT2D eigenvalue weighted by atomic mass is 10.2. The summed E-state index contributed by atoms with van der Waals surface area (Å²) >= 11 is 5.80. The molecule has 0 saturated heterocycles. The predicted molar refractivity (Wildman–Crippen MR) is 108 cm³/mol. The smallest absolute Gasteiger partial charge is 0.434 e. The number of nitrogens with one attached hydrogen (secondary N) is 1. The third kappa shape index (κ3) is 4.53. The third-order valence-electron chi connectivity index (χ3n) is 4.28. The first-order valence-corrected chi connectivity index (χ1v) is 9.10. The number of benzene rings is 2. The van der Waals surface area contributed by atoms with Crippen LogP contribution in [0.4, 0.5) is 18.9 Å². The summed E-state index contributed by atoms with van der Waals surface area (Å²) in [7, 11) is 4.15. The van der Waals surface area contributed by atoms with Gasteiger partial charge in [-0.15, -0.1) is 0 Å². The number of aromatic nitrogens is 2. The molecule has 0 radical (unpaired) electrons. The van der Waals surface area contributed by atoms with Gasteiger partial charge in [0.2, 0.25) is 5.75 Å². The number of alkyl halides is 3. The number of carbonyl (C=O) groups excluding carboxylic acids is 1. The van der Waals surface area contributed by atoms with Crippen molar-refractivity contribution >= 4 is 23.2 Å². The number of hydrogen-bond acceptors (Lipinski definition) is 5. The summed E-state index contributed by atoms with van der Waals surface area (Å²) in [5, 5.41) is 6.53. The molecule has 164 valence electrons. The Labute approximate surface area is 180 Å². The third-order valence-corrected chi connectivity index (χ3v) is 4.53. The molecule has 0 bridgehead atoms. The predicted octanol–water partition coefficient (Wildman–Crippen LogP) is 4.82. The molecule has 0 aliphatic rings. The fraction of sp³-hybridized carbons (Fsp3) is 0.200. The average molecular weight is 456 g/mol. The Hall–Kier alpha value is -3.40. The number of anilines is 1. The van der Waals surface area contributed by atoms with Gasteiger partial charge in [-0.25, -0.2) is 4.68 Å². The van der Waals surface area contributed by atoms with Gasteiger partial charge < -0.3 is 19.5 Å². The first-order valence-electron chi connectivity index (χ1n) is 8.72. The molecule has 0 unspecified atom stereocenters. The van der Waals surface area contributed by atoms with E-state index in [1.807, 2.05) is 0 Å². The van der Waals surface area contributed by atoms with Crippen LogP contribution < -0.4 is 19.5 Å². The molecule has 0 atom stereocenters. The second-order valence-corrected chi connectivity index (χ2v) is 6.60. The van der Waals surface area contributed by atoms with Crippen molar-refractivity contribution in [3.63, 3.8) is 0 Å². The zero-order valence-corrected chi connectivity index (χ0v) is 17.3. The van der Waals surface area contributed by atoms with Gasteiger partial charge in [-0.3, -0.25) is 4.79 Å². The van der Waals surface area contributed by atoms with E-state index >= 15 is 0 Å². The minimum absolute atomic E-state index is 0.101. The molecule has 2 aromatic carbocycles. The van der Waals surface area contributed by atoms with Crippen LogP contribution in [-0.4, -0.2) is 37.0 Å². The number of halogens is 4. The highest BCUT2D eigenvalue weighted by Gasteiger charge is 2.40. The van der Waals surface area contributed by atoms with Crippen molar-refractivity contribution in [3.05, 3.63) is 58.9 Å². The Bertz CT molecular complexity index is 1070. The van der Waals surface area contributed by atoms with Crippen LogP contribution in [0.25, 0.3) is 5.69 Å². The lowest BCUT2D eigenvalue weighted by Gasteiger charge is -2.15. The molecule has 31 heavy (non-hydrogen) atoms. The minimum atomic E-state index is -4.85. The maximum absolute atomic E-state index is 13.8. The van der Waals surface area contributed by atoms with Gasteiger partial charge in [0.25, 0.3) is 5.91 Å². The summed E-state index contributed by atoms with van der Waals surface area (Å²) in [6, 6.07) is 8.38. The second kappa shape index (κ2) is 8.76. The lowest BCUT2D eigenvalue weighted by molar-refractivity contribution is -0.143. The summed E-state index contributed by atoms with van der Waals surface area (Å²) in [5.74, 6) is -0.286. The summed E-state index contributed by atoms with van der Waals surface area (Å²) in [6.07, 6.45) is -4.00. The van der Waals surface area contributed by atoms with Crippen LogP contribution in [0.2, 0.25) is 5.02 Å². The van der Waals surface area contributed by atoms with Gasteiger partial charge in [-0.2, -0.15) is 18.3 Å². The zero-order chi connectivity index (χ0) is 22.8. The molecular formula is C20H17ClF3N3O4. The van der Waals surface area contributed by atoms with E-state index in [4.69, 9.17) is 25.8 Å². The van der Waals surface area contributed by atoms with E-state index < -0.39 is 23.3 Å². The largest absolute Gasteiger partial charge is 0.493 e. The van der Waals surface area contributed by atoms with Crippen molar-refractivity contribution in [1.82, 2.24) is 9.78 Å². The Morgan fingerprint density at radius 2 is 1.61 bits per heavy atom. The van der Waals surface area contributed by atoms with Gasteiger partial charge in [0, 0.05) is 22.8 Å². The molecule has 0 saturated carbocycles. The number of rotatable bonds is 6. The van der Waals surface area contributed by atoms with E-state index in [0.29, 0.717) is 9.70 Å². The normalized spacial score (nSPS) is 11.2. The van der Waals surface area contributed by atoms with Gasteiger partial charge in [-0.05, 0) is 24.3 Å². The second-order valence-electron chi connectivity index (χ2n) is 6.16. The molecule has 1 aromatic heterocycles. The van der Waals surface area contributed by atoms with E-state index in [1.54, 1.807) is 0 Å². The molecule has 0 aliphatic heterocycles. The first kappa shape index (κ1) is 22.3. The number of hydrogen-bond donors (Lipinski definition) is 1. The Morgan fingerprint density at radius 3 is 2.10 bits per heavy atom. The van der Waals surface area contributed by atoms with Crippen molar-refractivity contribution in [1.29, 1.82) is 0 Å². The summed E-state index contributed by atoms with van der Waals surface area (Å²) in [4.78, 5) is 12.7. The number of nitrogens with zero attached hydrogens (tertiary/aromatic N) is 2. The van der Waals surface area contributed by atoms with Crippen molar-refractivity contribution in [3.8, 4) is 22.9 Å². The molecule has 11 heteroatoms. The molecule has 1 amide bonds. The number of amides is 1. The SMILES string of the molecule is COc1cc(NC(=O)c2cnn(-c3ccc(Cl)cc3)c2C(F)(F)F)cc(OC)c1OC. The van der Waals surface area contributed by atoms with Gasteiger partial charge in [-0.1, -0.05) is 11.6 Å². The van der Waals surface area contributed by atoms with E-state index in [-0.39, 0.29) is 28.6 Å². The highest BCUT2D eigenvalue weighted by Crippen LogP contribution is 2.40. The van der Waals surface area contributed by atoms with Gasteiger partial charge in [0.15, 0.2) is 17.2 Å². The first-order chi connectivity index (χ1) is 14.7. The average Bonchev–Trinajstić information content (AvgIpc) is 3.19. The lowest BCUT2D eigenvalue weighted by Crippen LogP contribution is -2.20. The molecule has 0 fully saturated rings. The van der Waals surface area contributed by atoms with Crippen LogP contribution in [0.3, 0.4) is 0 Å². The van der Waals surface area contributed by atoms with Crippen molar-refractivity contribution in [2.45, 2.75) is 6.18 Å². The van der Waals surface area contributed by atoms with E-state index in [9.17, 15) is 18.0 Å². The van der Waals surface area contributed by atoms with Gasteiger partial charge >= 0.3 is 6.18 Å². The Morgan fingerprint density at radius 1 is 1.03 bits per heavy atom. The number of ether oxygens (including phenoxy) is 3. The molecule has 1 heterocycles. The van der Waals surface area contributed by atoms with Gasteiger partial charge in [0.1, 0.15) is 0 Å². The molecule has 1 N–H and O–H groups in total.